The van der Waals surface area contributed by atoms with Crippen LogP contribution in [-0.4, -0.2) is 10.8 Å². The van der Waals surface area contributed by atoms with Crippen LogP contribution < -0.4 is 0 Å². The summed E-state index contributed by atoms with van der Waals surface area (Å²) in [5.41, 5.74) is 2.01. The summed E-state index contributed by atoms with van der Waals surface area (Å²) in [5, 5.41) is 0. The minimum absolute atomic E-state index is 0.0181. The van der Waals surface area contributed by atoms with Crippen molar-refractivity contribution in [3.8, 4) is 11.8 Å². The maximum absolute atomic E-state index is 11.4. The first-order valence-corrected chi connectivity index (χ1v) is 5.30. The first kappa shape index (κ1) is 11.1. The molecule has 1 aromatic carbocycles. The number of carbonyl (C=O) groups excluding carboxylic acids is 1. The van der Waals surface area contributed by atoms with E-state index in [4.69, 9.17) is 0 Å². The molecule has 0 aliphatic rings. The fourth-order valence-electron chi connectivity index (χ4n) is 1.44. The predicted molar refractivity (Wildman–Crippen MR) is 66.7 cm³/mol. The molecular weight excluding hydrogens is 210 g/mol. The van der Waals surface area contributed by atoms with E-state index in [1.165, 1.54) is 6.92 Å². The second-order valence-electron chi connectivity index (χ2n) is 3.57. The topological polar surface area (TPSA) is 30.0 Å². The molecule has 82 valence electrons. The van der Waals surface area contributed by atoms with E-state index in [-0.39, 0.29) is 5.78 Å². The van der Waals surface area contributed by atoms with Crippen molar-refractivity contribution in [3.05, 3.63) is 65.5 Å². The quantitative estimate of drug-likeness (QED) is 0.547. The van der Waals surface area contributed by atoms with E-state index in [1.54, 1.807) is 18.3 Å². The molecule has 0 saturated heterocycles. The largest absolute Gasteiger partial charge is 0.294 e. The number of rotatable bonds is 1. The summed E-state index contributed by atoms with van der Waals surface area (Å²) in [4.78, 5) is 15.5. The highest BCUT2D eigenvalue weighted by Gasteiger charge is 2.04. The Balaban J connectivity index is 2.38. The molecule has 0 amide bonds. The van der Waals surface area contributed by atoms with Gasteiger partial charge in [0.25, 0.3) is 0 Å². The SMILES string of the molecule is CC(=O)c1cccnc1C#Cc1ccccc1. The Bertz CT molecular complexity index is 591. The smallest absolute Gasteiger partial charge is 0.162 e. The van der Waals surface area contributed by atoms with Gasteiger partial charge in [0, 0.05) is 11.8 Å². The van der Waals surface area contributed by atoms with Crippen molar-refractivity contribution >= 4 is 5.78 Å². The van der Waals surface area contributed by atoms with Crippen LogP contribution in [0.5, 0.6) is 0 Å². The van der Waals surface area contributed by atoms with Crippen molar-refractivity contribution < 1.29 is 4.79 Å². The van der Waals surface area contributed by atoms with Gasteiger partial charge < -0.3 is 0 Å². The molecule has 0 fully saturated rings. The molecule has 1 aromatic heterocycles. The summed E-state index contributed by atoms with van der Waals surface area (Å²) in [7, 11) is 0. The standard InChI is InChI=1S/C15H11NO/c1-12(17)14-8-5-11-16-15(14)10-9-13-6-3-2-4-7-13/h2-8,11H,1H3. The number of aromatic nitrogens is 1. The number of benzene rings is 1. The van der Waals surface area contributed by atoms with E-state index in [0.717, 1.165) is 5.56 Å². The van der Waals surface area contributed by atoms with Crippen molar-refractivity contribution in [2.75, 3.05) is 0 Å². The van der Waals surface area contributed by atoms with Crippen LogP contribution >= 0.6 is 0 Å². The lowest BCUT2D eigenvalue weighted by molar-refractivity contribution is 0.101. The summed E-state index contributed by atoms with van der Waals surface area (Å²) in [6.45, 7) is 1.52. The fraction of sp³-hybridized carbons (Fsp3) is 0.0667. The third kappa shape index (κ3) is 2.79. The minimum atomic E-state index is -0.0181. The minimum Gasteiger partial charge on any atom is -0.294 e. The monoisotopic (exact) mass is 221 g/mol. The first-order chi connectivity index (χ1) is 8.27. The van der Waals surface area contributed by atoms with Crippen LogP contribution in [0.25, 0.3) is 0 Å². The molecule has 2 nitrogen and oxygen atoms in total. The van der Waals surface area contributed by atoms with Gasteiger partial charge in [-0.2, -0.15) is 0 Å². The highest BCUT2D eigenvalue weighted by molar-refractivity contribution is 5.96. The Morgan fingerprint density at radius 1 is 1.06 bits per heavy atom. The van der Waals surface area contributed by atoms with Crippen LogP contribution in [0.4, 0.5) is 0 Å². The Morgan fingerprint density at radius 2 is 1.82 bits per heavy atom. The van der Waals surface area contributed by atoms with E-state index in [0.29, 0.717) is 11.3 Å². The maximum Gasteiger partial charge on any atom is 0.162 e. The van der Waals surface area contributed by atoms with Gasteiger partial charge in [0.05, 0.1) is 5.56 Å². The molecule has 0 bridgehead atoms. The molecule has 0 atom stereocenters. The highest BCUT2D eigenvalue weighted by atomic mass is 16.1. The van der Waals surface area contributed by atoms with E-state index in [9.17, 15) is 4.79 Å². The number of carbonyl (C=O) groups is 1. The van der Waals surface area contributed by atoms with Crippen molar-refractivity contribution in [1.82, 2.24) is 4.98 Å². The van der Waals surface area contributed by atoms with Gasteiger partial charge in [-0.1, -0.05) is 24.1 Å². The van der Waals surface area contributed by atoms with Crippen LogP contribution in [0, 0.1) is 11.8 Å². The Kier molecular flexibility index (Phi) is 3.32. The molecule has 0 saturated carbocycles. The summed E-state index contributed by atoms with van der Waals surface area (Å²) in [6, 6.07) is 13.1. The van der Waals surface area contributed by atoms with E-state index in [1.807, 2.05) is 30.3 Å². The fourth-order valence-corrected chi connectivity index (χ4v) is 1.44. The molecule has 0 unspecified atom stereocenters. The van der Waals surface area contributed by atoms with Crippen molar-refractivity contribution in [2.24, 2.45) is 0 Å². The van der Waals surface area contributed by atoms with Crippen molar-refractivity contribution in [1.29, 1.82) is 0 Å². The number of hydrogen-bond acceptors (Lipinski definition) is 2. The summed E-state index contributed by atoms with van der Waals surface area (Å²) < 4.78 is 0. The average Bonchev–Trinajstić information content (AvgIpc) is 2.38. The van der Waals surface area contributed by atoms with Crippen LogP contribution in [0.2, 0.25) is 0 Å². The molecule has 2 rings (SSSR count). The molecule has 0 spiro atoms. The summed E-state index contributed by atoms with van der Waals surface area (Å²) in [5.74, 6) is 5.90. The van der Waals surface area contributed by atoms with Gasteiger partial charge in [0.1, 0.15) is 5.69 Å². The van der Waals surface area contributed by atoms with Crippen LogP contribution in [0.3, 0.4) is 0 Å². The third-order valence-corrected chi connectivity index (χ3v) is 2.29. The molecule has 0 aliphatic carbocycles. The maximum atomic E-state index is 11.4. The number of pyridine rings is 1. The van der Waals surface area contributed by atoms with Crippen LogP contribution in [0.1, 0.15) is 28.5 Å². The zero-order chi connectivity index (χ0) is 12.1. The van der Waals surface area contributed by atoms with Gasteiger partial charge in [0.15, 0.2) is 5.78 Å². The number of nitrogens with zero attached hydrogens (tertiary/aromatic N) is 1. The zero-order valence-corrected chi connectivity index (χ0v) is 9.47. The molecule has 0 radical (unpaired) electrons. The van der Waals surface area contributed by atoms with Crippen LogP contribution in [0.15, 0.2) is 48.7 Å². The molecule has 2 aromatic rings. The van der Waals surface area contributed by atoms with Gasteiger partial charge in [0.2, 0.25) is 0 Å². The van der Waals surface area contributed by atoms with Gasteiger partial charge in [-0.15, -0.1) is 0 Å². The van der Waals surface area contributed by atoms with E-state index < -0.39 is 0 Å². The number of hydrogen-bond donors (Lipinski definition) is 0. The molecule has 0 N–H and O–H groups in total. The Labute approximate surface area is 100 Å². The van der Waals surface area contributed by atoms with Crippen LogP contribution in [-0.2, 0) is 0 Å². The lowest BCUT2D eigenvalue weighted by Gasteiger charge is -1.97. The van der Waals surface area contributed by atoms with E-state index >= 15 is 0 Å². The highest BCUT2D eigenvalue weighted by Crippen LogP contribution is 2.05. The van der Waals surface area contributed by atoms with E-state index in [2.05, 4.69) is 16.8 Å². The average molecular weight is 221 g/mol. The zero-order valence-electron chi connectivity index (χ0n) is 9.47. The third-order valence-electron chi connectivity index (χ3n) is 2.29. The predicted octanol–water partition coefficient (Wildman–Crippen LogP) is 2.68. The molecule has 17 heavy (non-hydrogen) atoms. The molecule has 0 aliphatic heterocycles. The molecule has 2 heteroatoms. The Morgan fingerprint density at radius 3 is 2.53 bits per heavy atom. The number of Topliss-reactive ketones (excluding diaryl/α,β-unsaturated/α-hetero) is 1. The Hall–Kier alpha value is -2.40. The van der Waals surface area contributed by atoms with Gasteiger partial charge >= 0.3 is 0 Å². The second kappa shape index (κ2) is 5.09. The first-order valence-electron chi connectivity index (χ1n) is 5.30. The summed E-state index contributed by atoms with van der Waals surface area (Å²) in [6.07, 6.45) is 1.64. The van der Waals surface area contributed by atoms with Crippen molar-refractivity contribution in [3.63, 3.8) is 0 Å². The lowest BCUT2D eigenvalue weighted by Crippen LogP contribution is -1.98. The summed E-state index contributed by atoms with van der Waals surface area (Å²) >= 11 is 0. The van der Waals surface area contributed by atoms with Crippen molar-refractivity contribution in [2.45, 2.75) is 6.92 Å². The number of ketones is 1. The van der Waals surface area contributed by atoms with Gasteiger partial charge in [-0.25, -0.2) is 4.98 Å². The van der Waals surface area contributed by atoms with Gasteiger partial charge in [-0.3, -0.25) is 4.79 Å². The molecule has 1 heterocycles. The van der Waals surface area contributed by atoms with Gasteiger partial charge in [-0.05, 0) is 37.1 Å². The lowest BCUT2D eigenvalue weighted by atomic mass is 10.1. The second-order valence-corrected chi connectivity index (χ2v) is 3.57. The molecular formula is C15H11NO. The normalized spacial score (nSPS) is 9.24.